The number of hydrogen-bond donors (Lipinski definition) is 1. The number of methoxy groups -OCH3 is 1. The Hall–Kier alpha value is -1.58. The average Bonchev–Trinajstić information content (AvgIpc) is 2.91. The number of nitrogens with two attached hydrogens (primary N) is 1. The molecule has 3 atom stereocenters. The van der Waals surface area contributed by atoms with Crippen molar-refractivity contribution in [2.24, 2.45) is 11.7 Å². The first-order valence-corrected chi connectivity index (χ1v) is 7.15. The van der Waals surface area contributed by atoms with Crippen LogP contribution in [0.2, 0.25) is 0 Å². The van der Waals surface area contributed by atoms with E-state index in [1.54, 1.807) is 7.11 Å². The van der Waals surface area contributed by atoms with E-state index in [9.17, 15) is 0 Å². The molecule has 1 fully saturated rings. The molecule has 1 aliphatic rings. The molecule has 0 radical (unpaired) electrons. The highest BCUT2D eigenvalue weighted by Gasteiger charge is 2.31. The highest BCUT2D eigenvalue weighted by Crippen LogP contribution is 2.36. The lowest BCUT2D eigenvalue weighted by molar-refractivity contribution is 0.0728. The molecular weight excluding hydrogens is 250 g/mol. The molecule has 2 N–H and O–H groups in total. The van der Waals surface area contributed by atoms with E-state index in [1.165, 1.54) is 0 Å². The van der Waals surface area contributed by atoms with Crippen LogP contribution in [0.4, 0.5) is 0 Å². The Labute approximate surface area is 119 Å². The standard InChI is InChI=1S/C17H21NO2/c1-11-9-10-20-17(11)16(18)14-7-8-15(19-2)13-6-4-3-5-12(13)14/h3-8,11,16-17H,9-10,18H2,1-2H3. The monoisotopic (exact) mass is 271 g/mol. The quantitative estimate of drug-likeness (QED) is 0.931. The van der Waals surface area contributed by atoms with Gasteiger partial charge in [0.2, 0.25) is 0 Å². The summed E-state index contributed by atoms with van der Waals surface area (Å²) in [5.41, 5.74) is 7.62. The average molecular weight is 271 g/mol. The van der Waals surface area contributed by atoms with Gasteiger partial charge < -0.3 is 15.2 Å². The maximum atomic E-state index is 6.48. The molecule has 106 valence electrons. The zero-order valence-electron chi connectivity index (χ0n) is 12.0. The van der Waals surface area contributed by atoms with E-state index in [2.05, 4.69) is 25.1 Å². The largest absolute Gasteiger partial charge is 0.496 e. The lowest BCUT2D eigenvalue weighted by Gasteiger charge is -2.24. The third kappa shape index (κ3) is 2.17. The van der Waals surface area contributed by atoms with Gasteiger partial charge in [-0.25, -0.2) is 0 Å². The number of benzene rings is 2. The Balaban J connectivity index is 2.07. The molecule has 0 saturated carbocycles. The van der Waals surface area contributed by atoms with Crippen molar-refractivity contribution in [2.45, 2.75) is 25.5 Å². The number of ether oxygens (including phenoxy) is 2. The summed E-state index contributed by atoms with van der Waals surface area (Å²) in [6, 6.07) is 12.2. The Morgan fingerprint density at radius 3 is 2.60 bits per heavy atom. The van der Waals surface area contributed by atoms with Crippen molar-refractivity contribution < 1.29 is 9.47 Å². The lowest BCUT2D eigenvalue weighted by Crippen LogP contribution is -2.30. The van der Waals surface area contributed by atoms with Crippen molar-refractivity contribution in [3.8, 4) is 5.75 Å². The predicted octanol–water partition coefficient (Wildman–Crippen LogP) is 3.27. The van der Waals surface area contributed by atoms with Crippen LogP contribution >= 0.6 is 0 Å². The summed E-state index contributed by atoms with van der Waals surface area (Å²) in [5.74, 6) is 1.39. The Bertz CT molecular complexity index is 611. The van der Waals surface area contributed by atoms with Gasteiger partial charge in [-0.15, -0.1) is 0 Å². The van der Waals surface area contributed by atoms with Gasteiger partial charge in [0, 0.05) is 12.0 Å². The number of rotatable bonds is 3. The lowest BCUT2D eigenvalue weighted by atomic mass is 9.90. The molecule has 0 bridgehead atoms. The first-order chi connectivity index (χ1) is 9.72. The summed E-state index contributed by atoms with van der Waals surface area (Å²) in [5, 5.41) is 2.26. The first-order valence-electron chi connectivity index (χ1n) is 7.15. The van der Waals surface area contributed by atoms with Gasteiger partial charge in [-0.3, -0.25) is 0 Å². The van der Waals surface area contributed by atoms with Crippen LogP contribution in [0.5, 0.6) is 5.75 Å². The Kier molecular flexibility index (Phi) is 3.64. The molecule has 2 aromatic rings. The molecule has 3 heteroatoms. The fourth-order valence-electron chi connectivity index (χ4n) is 3.12. The summed E-state index contributed by atoms with van der Waals surface area (Å²) in [7, 11) is 1.70. The van der Waals surface area contributed by atoms with Gasteiger partial charge in [-0.1, -0.05) is 37.3 Å². The second kappa shape index (κ2) is 5.43. The van der Waals surface area contributed by atoms with E-state index >= 15 is 0 Å². The van der Waals surface area contributed by atoms with Crippen LogP contribution in [0, 0.1) is 5.92 Å². The summed E-state index contributed by atoms with van der Waals surface area (Å²) in [6.45, 7) is 3.02. The predicted molar refractivity (Wildman–Crippen MR) is 80.9 cm³/mol. The topological polar surface area (TPSA) is 44.5 Å². The SMILES string of the molecule is COc1ccc(C(N)C2OCCC2C)c2ccccc12. The van der Waals surface area contributed by atoms with Gasteiger partial charge >= 0.3 is 0 Å². The van der Waals surface area contributed by atoms with E-state index in [0.717, 1.165) is 35.1 Å². The molecule has 1 aliphatic heterocycles. The van der Waals surface area contributed by atoms with Gasteiger partial charge in [-0.05, 0) is 29.4 Å². The van der Waals surface area contributed by atoms with Crippen LogP contribution in [0.15, 0.2) is 36.4 Å². The van der Waals surface area contributed by atoms with Crippen LogP contribution in [0.3, 0.4) is 0 Å². The van der Waals surface area contributed by atoms with Crippen molar-refractivity contribution in [1.29, 1.82) is 0 Å². The number of hydrogen-bond acceptors (Lipinski definition) is 3. The van der Waals surface area contributed by atoms with E-state index in [4.69, 9.17) is 15.2 Å². The second-order valence-electron chi connectivity index (χ2n) is 5.53. The molecule has 0 aromatic heterocycles. The molecule has 3 rings (SSSR count). The van der Waals surface area contributed by atoms with Gasteiger partial charge in [-0.2, -0.15) is 0 Å². The van der Waals surface area contributed by atoms with Crippen molar-refractivity contribution in [3.05, 3.63) is 42.0 Å². The minimum Gasteiger partial charge on any atom is -0.496 e. The summed E-state index contributed by atoms with van der Waals surface area (Å²) < 4.78 is 11.3. The normalized spacial score (nSPS) is 23.9. The first kappa shape index (κ1) is 13.4. The van der Waals surface area contributed by atoms with Crippen LogP contribution in [-0.4, -0.2) is 19.8 Å². The van der Waals surface area contributed by atoms with Gasteiger partial charge in [0.25, 0.3) is 0 Å². The molecule has 3 nitrogen and oxygen atoms in total. The molecule has 3 unspecified atom stereocenters. The van der Waals surface area contributed by atoms with Crippen LogP contribution in [-0.2, 0) is 4.74 Å². The van der Waals surface area contributed by atoms with Crippen molar-refractivity contribution >= 4 is 10.8 Å². The zero-order chi connectivity index (χ0) is 14.1. The van der Waals surface area contributed by atoms with Gasteiger partial charge in [0.05, 0.1) is 19.3 Å². The third-order valence-electron chi connectivity index (χ3n) is 4.30. The summed E-state index contributed by atoms with van der Waals surface area (Å²) >= 11 is 0. The fourth-order valence-corrected chi connectivity index (χ4v) is 3.12. The molecule has 1 heterocycles. The van der Waals surface area contributed by atoms with Gasteiger partial charge in [0.15, 0.2) is 0 Å². The minimum absolute atomic E-state index is 0.0942. The van der Waals surface area contributed by atoms with Crippen LogP contribution in [0.25, 0.3) is 10.8 Å². The van der Waals surface area contributed by atoms with Crippen molar-refractivity contribution in [2.75, 3.05) is 13.7 Å². The highest BCUT2D eigenvalue weighted by atomic mass is 16.5. The van der Waals surface area contributed by atoms with Gasteiger partial charge in [0.1, 0.15) is 5.75 Å². The smallest absolute Gasteiger partial charge is 0.126 e. The van der Waals surface area contributed by atoms with E-state index in [0.29, 0.717) is 5.92 Å². The number of fused-ring (bicyclic) bond motifs is 1. The van der Waals surface area contributed by atoms with Crippen molar-refractivity contribution in [1.82, 2.24) is 0 Å². The third-order valence-corrected chi connectivity index (χ3v) is 4.30. The molecule has 1 saturated heterocycles. The van der Waals surface area contributed by atoms with E-state index < -0.39 is 0 Å². The van der Waals surface area contributed by atoms with Crippen LogP contribution < -0.4 is 10.5 Å². The fraction of sp³-hybridized carbons (Fsp3) is 0.412. The Morgan fingerprint density at radius 2 is 1.95 bits per heavy atom. The van der Waals surface area contributed by atoms with E-state index in [1.807, 2.05) is 18.2 Å². The molecule has 0 amide bonds. The summed E-state index contributed by atoms with van der Waals surface area (Å²) in [4.78, 5) is 0. The molecular formula is C17H21NO2. The molecule has 0 spiro atoms. The maximum Gasteiger partial charge on any atom is 0.126 e. The molecule has 0 aliphatic carbocycles. The molecule has 20 heavy (non-hydrogen) atoms. The highest BCUT2D eigenvalue weighted by molar-refractivity contribution is 5.91. The minimum atomic E-state index is -0.0942. The molecule has 2 aromatic carbocycles. The second-order valence-corrected chi connectivity index (χ2v) is 5.53. The maximum absolute atomic E-state index is 6.48. The zero-order valence-corrected chi connectivity index (χ0v) is 12.0. The van der Waals surface area contributed by atoms with Crippen molar-refractivity contribution in [3.63, 3.8) is 0 Å². The van der Waals surface area contributed by atoms with Crippen LogP contribution in [0.1, 0.15) is 24.9 Å². The Morgan fingerprint density at radius 1 is 1.20 bits per heavy atom. The summed E-state index contributed by atoms with van der Waals surface area (Å²) in [6.07, 6.45) is 1.19. The van der Waals surface area contributed by atoms with E-state index in [-0.39, 0.29) is 12.1 Å².